The molecule has 0 aliphatic carbocycles. The lowest BCUT2D eigenvalue weighted by atomic mass is 10.2. The summed E-state index contributed by atoms with van der Waals surface area (Å²) in [5.74, 6) is 5.55. The van der Waals surface area contributed by atoms with Crippen molar-refractivity contribution in [3.63, 3.8) is 0 Å². The summed E-state index contributed by atoms with van der Waals surface area (Å²) in [5, 5.41) is 8.78. The smallest absolute Gasteiger partial charge is 0.152 e. The SMILES string of the molecule is COc1cc(Cl)cc(C#CC#N)c1. The summed E-state index contributed by atoms with van der Waals surface area (Å²) in [6.45, 7) is 0. The number of ether oxygens (including phenoxy) is 1. The van der Waals surface area contributed by atoms with E-state index in [1.54, 1.807) is 31.4 Å². The van der Waals surface area contributed by atoms with Crippen LogP contribution in [0.25, 0.3) is 0 Å². The average molecular weight is 192 g/mol. The van der Waals surface area contributed by atoms with Gasteiger partial charge in [-0.05, 0) is 18.2 Å². The molecule has 13 heavy (non-hydrogen) atoms. The molecule has 1 aromatic carbocycles. The van der Waals surface area contributed by atoms with Crippen LogP contribution in [0.1, 0.15) is 5.56 Å². The monoisotopic (exact) mass is 191 g/mol. The highest BCUT2D eigenvalue weighted by Crippen LogP contribution is 2.19. The van der Waals surface area contributed by atoms with Gasteiger partial charge in [0.05, 0.1) is 7.11 Å². The number of methoxy groups -OCH3 is 1. The second-order valence-electron chi connectivity index (χ2n) is 2.24. The highest BCUT2D eigenvalue weighted by molar-refractivity contribution is 6.30. The number of nitriles is 1. The predicted octanol–water partition coefficient (Wildman–Crippen LogP) is 2.22. The van der Waals surface area contributed by atoms with Crippen molar-refractivity contribution in [2.75, 3.05) is 7.11 Å². The normalized spacial score (nSPS) is 8.08. The van der Waals surface area contributed by atoms with Crippen LogP contribution < -0.4 is 4.74 Å². The van der Waals surface area contributed by atoms with Gasteiger partial charge in [0.1, 0.15) is 5.75 Å². The lowest BCUT2D eigenvalue weighted by Gasteiger charge is -2.00. The Morgan fingerprint density at radius 3 is 2.77 bits per heavy atom. The molecule has 0 saturated carbocycles. The van der Waals surface area contributed by atoms with E-state index in [2.05, 4.69) is 11.8 Å². The molecule has 0 spiro atoms. The lowest BCUT2D eigenvalue weighted by molar-refractivity contribution is 0.414. The first-order valence-electron chi connectivity index (χ1n) is 3.51. The van der Waals surface area contributed by atoms with Crippen LogP contribution in [0, 0.1) is 23.2 Å². The molecule has 0 aliphatic rings. The Morgan fingerprint density at radius 1 is 1.38 bits per heavy atom. The zero-order valence-electron chi connectivity index (χ0n) is 6.97. The van der Waals surface area contributed by atoms with Crippen molar-refractivity contribution < 1.29 is 4.74 Å². The third kappa shape index (κ3) is 2.71. The molecule has 0 amide bonds. The molecule has 1 aromatic rings. The predicted molar refractivity (Wildman–Crippen MR) is 50.5 cm³/mol. The van der Waals surface area contributed by atoms with Crippen molar-refractivity contribution in [2.45, 2.75) is 0 Å². The summed E-state index contributed by atoms with van der Waals surface area (Å²) in [6.07, 6.45) is 0. The van der Waals surface area contributed by atoms with Crippen LogP contribution in [-0.2, 0) is 0 Å². The number of rotatable bonds is 1. The fourth-order valence-electron chi connectivity index (χ4n) is 0.853. The van der Waals surface area contributed by atoms with E-state index >= 15 is 0 Å². The van der Waals surface area contributed by atoms with Crippen molar-refractivity contribution in [1.82, 2.24) is 0 Å². The lowest BCUT2D eigenvalue weighted by Crippen LogP contribution is -1.83. The quantitative estimate of drug-likeness (QED) is 0.638. The fourth-order valence-corrected chi connectivity index (χ4v) is 1.08. The van der Waals surface area contributed by atoms with Crippen LogP contribution in [0.2, 0.25) is 5.02 Å². The maximum atomic E-state index is 8.24. The maximum Gasteiger partial charge on any atom is 0.152 e. The van der Waals surface area contributed by atoms with Gasteiger partial charge in [-0.15, -0.1) is 0 Å². The molecular weight excluding hydrogens is 186 g/mol. The molecule has 0 N–H and O–H groups in total. The number of nitrogens with zero attached hydrogens (tertiary/aromatic N) is 1. The minimum atomic E-state index is 0.543. The summed E-state index contributed by atoms with van der Waals surface area (Å²) in [6, 6.07) is 6.80. The Balaban J connectivity index is 3.10. The molecule has 0 saturated heterocycles. The third-order valence-electron chi connectivity index (χ3n) is 1.37. The number of hydrogen-bond donors (Lipinski definition) is 0. The van der Waals surface area contributed by atoms with Gasteiger partial charge in [-0.25, -0.2) is 0 Å². The molecule has 0 atom stereocenters. The second kappa shape index (κ2) is 4.40. The molecule has 0 aromatic heterocycles. The van der Waals surface area contributed by atoms with E-state index < -0.39 is 0 Å². The van der Waals surface area contributed by atoms with Crippen LogP contribution in [0.3, 0.4) is 0 Å². The van der Waals surface area contributed by atoms with Crippen molar-refractivity contribution in [1.29, 1.82) is 5.26 Å². The first-order chi connectivity index (χ1) is 6.26. The summed E-state index contributed by atoms with van der Waals surface area (Å²) in [5.41, 5.74) is 0.672. The van der Waals surface area contributed by atoms with Gasteiger partial charge in [0, 0.05) is 16.5 Å². The van der Waals surface area contributed by atoms with Gasteiger partial charge in [0.2, 0.25) is 0 Å². The van der Waals surface area contributed by atoms with Gasteiger partial charge in [-0.3, -0.25) is 0 Å². The summed E-state index contributed by atoms with van der Waals surface area (Å²) < 4.78 is 4.98. The Morgan fingerprint density at radius 2 is 2.15 bits per heavy atom. The number of benzene rings is 1. The second-order valence-corrected chi connectivity index (χ2v) is 2.68. The van der Waals surface area contributed by atoms with Gasteiger partial charge in [0.25, 0.3) is 0 Å². The largest absolute Gasteiger partial charge is 0.497 e. The molecular formula is C10H6ClNO. The van der Waals surface area contributed by atoms with Crippen LogP contribution in [-0.4, -0.2) is 7.11 Å². The topological polar surface area (TPSA) is 33.0 Å². The highest BCUT2D eigenvalue weighted by atomic mass is 35.5. The van der Waals surface area contributed by atoms with Crippen molar-refractivity contribution in [3.05, 3.63) is 28.8 Å². The molecule has 0 aliphatic heterocycles. The van der Waals surface area contributed by atoms with Crippen molar-refractivity contribution >= 4 is 11.6 Å². The Labute approximate surface area is 81.7 Å². The van der Waals surface area contributed by atoms with Crippen LogP contribution in [0.5, 0.6) is 5.75 Å². The molecule has 64 valence electrons. The molecule has 1 rings (SSSR count). The van der Waals surface area contributed by atoms with Gasteiger partial charge in [-0.1, -0.05) is 17.5 Å². The minimum absolute atomic E-state index is 0.543. The van der Waals surface area contributed by atoms with E-state index in [1.807, 2.05) is 0 Å². The van der Waals surface area contributed by atoms with E-state index in [9.17, 15) is 0 Å². The van der Waals surface area contributed by atoms with Crippen LogP contribution >= 0.6 is 11.6 Å². The molecule has 0 bridgehead atoms. The van der Waals surface area contributed by atoms with Crippen molar-refractivity contribution in [2.24, 2.45) is 0 Å². The molecule has 0 unspecified atom stereocenters. The zero-order valence-corrected chi connectivity index (χ0v) is 7.72. The summed E-state index contributed by atoms with van der Waals surface area (Å²) >= 11 is 5.78. The Kier molecular flexibility index (Phi) is 3.20. The third-order valence-corrected chi connectivity index (χ3v) is 1.59. The molecule has 0 fully saturated rings. The zero-order chi connectivity index (χ0) is 9.68. The van der Waals surface area contributed by atoms with Gasteiger partial charge in [-0.2, -0.15) is 5.26 Å². The fraction of sp³-hybridized carbons (Fsp3) is 0.100. The van der Waals surface area contributed by atoms with Gasteiger partial charge in [0.15, 0.2) is 6.07 Å². The van der Waals surface area contributed by atoms with E-state index in [0.717, 1.165) is 0 Å². The first-order valence-corrected chi connectivity index (χ1v) is 3.88. The van der Waals surface area contributed by atoms with E-state index in [4.69, 9.17) is 21.6 Å². The highest BCUT2D eigenvalue weighted by Gasteiger charge is 1.96. The summed E-state index contributed by atoms with van der Waals surface area (Å²) in [7, 11) is 1.55. The Bertz CT molecular complexity index is 409. The van der Waals surface area contributed by atoms with Crippen LogP contribution in [0.15, 0.2) is 18.2 Å². The van der Waals surface area contributed by atoms with Crippen molar-refractivity contribution in [3.8, 4) is 23.7 Å². The van der Waals surface area contributed by atoms with E-state index in [1.165, 1.54) is 0 Å². The van der Waals surface area contributed by atoms with E-state index in [0.29, 0.717) is 16.3 Å². The standard InChI is InChI=1S/C10H6ClNO/c1-13-10-6-8(3-2-4-12)5-9(11)7-10/h5-7H,1H3. The average Bonchev–Trinajstić information content (AvgIpc) is 2.14. The Hall–Kier alpha value is -1.64. The van der Waals surface area contributed by atoms with E-state index in [-0.39, 0.29) is 0 Å². The first kappa shape index (κ1) is 9.45. The number of hydrogen-bond acceptors (Lipinski definition) is 2. The van der Waals surface area contributed by atoms with Crippen LogP contribution in [0.4, 0.5) is 0 Å². The maximum absolute atomic E-state index is 8.24. The molecule has 0 radical (unpaired) electrons. The molecule has 2 nitrogen and oxygen atoms in total. The summed E-state index contributed by atoms with van der Waals surface area (Å²) in [4.78, 5) is 0. The molecule has 0 heterocycles. The number of halogens is 1. The minimum Gasteiger partial charge on any atom is -0.497 e. The van der Waals surface area contributed by atoms with Gasteiger partial charge >= 0.3 is 0 Å². The van der Waals surface area contributed by atoms with Gasteiger partial charge < -0.3 is 4.74 Å². The molecule has 3 heteroatoms.